The Bertz CT molecular complexity index is 715. The van der Waals surface area contributed by atoms with Gasteiger partial charge in [-0.25, -0.2) is 0 Å². The average molecular weight is 341 g/mol. The van der Waals surface area contributed by atoms with Crippen molar-refractivity contribution < 1.29 is 19.1 Å². The highest BCUT2D eigenvalue weighted by atomic mass is 16.5. The predicted octanol–water partition coefficient (Wildman–Crippen LogP) is 2.86. The Hall–Kier alpha value is -2.82. The van der Waals surface area contributed by atoms with Crippen molar-refractivity contribution in [3.63, 3.8) is 0 Å². The summed E-state index contributed by atoms with van der Waals surface area (Å²) in [6, 6.07) is 11.2. The second-order valence-corrected chi connectivity index (χ2v) is 5.84. The Labute approximate surface area is 148 Å². The maximum Gasteiger partial charge on any atom is 0.257 e. The van der Waals surface area contributed by atoms with Gasteiger partial charge in [0.05, 0.1) is 7.11 Å². The minimum absolute atomic E-state index is 0.0509. The van der Waals surface area contributed by atoms with E-state index in [1.54, 1.807) is 19.2 Å². The molecule has 0 heterocycles. The number of aryl methyl sites for hydroxylation is 2. The standard InChI is InChI=1S/C20H23NO4/c1-14-10-17(12-22)11-15(2)20(14)25-13-19(23)21-9-8-16-4-6-18(24-3)7-5-16/h4-7,10-12H,8-9,13H2,1-3H3,(H,21,23). The molecular formula is C20H23NO4. The van der Waals surface area contributed by atoms with Crippen molar-refractivity contribution in [2.75, 3.05) is 20.3 Å². The minimum atomic E-state index is -0.174. The van der Waals surface area contributed by atoms with Gasteiger partial charge in [-0.1, -0.05) is 12.1 Å². The van der Waals surface area contributed by atoms with Gasteiger partial charge in [0.1, 0.15) is 17.8 Å². The van der Waals surface area contributed by atoms with E-state index in [-0.39, 0.29) is 12.5 Å². The maximum atomic E-state index is 11.9. The number of nitrogens with one attached hydrogen (secondary N) is 1. The maximum absolute atomic E-state index is 11.9. The molecule has 2 rings (SSSR count). The number of hydrogen-bond acceptors (Lipinski definition) is 4. The number of ether oxygens (including phenoxy) is 2. The highest BCUT2D eigenvalue weighted by Gasteiger charge is 2.09. The van der Waals surface area contributed by atoms with Crippen molar-refractivity contribution in [2.24, 2.45) is 0 Å². The minimum Gasteiger partial charge on any atom is -0.497 e. The zero-order valence-electron chi connectivity index (χ0n) is 14.8. The van der Waals surface area contributed by atoms with E-state index in [4.69, 9.17) is 9.47 Å². The van der Waals surface area contributed by atoms with Crippen LogP contribution in [0.25, 0.3) is 0 Å². The molecule has 0 aliphatic rings. The fourth-order valence-corrected chi connectivity index (χ4v) is 2.61. The molecule has 5 nitrogen and oxygen atoms in total. The number of aldehydes is 1. The van der Waals surface area contributed by atoms with Crippen molar-refractivity contribution >= 4 is 12.2 Å². The normalized spacial score (nSPS) is 10.2. The highest BCUT2D eigenvalue weighted by molar-refractivity contribution is 5.78. The number of carbonyl (C=O) groups excluding carboxylic acids is 2. The third kappa shape index (κ3) is 5.35. The van der Waals surface area contributed by atoms with E-state index in [9.17, 15) is 9.59 Å². The van der Waals surface area contributed by atoms with Crippen molar-refractivity contribution in [2.45, 2.75) is 20.3 Å². The Morgan fingerprint density at radius 3 is 2.32 bits per heavy atom. The van der Waals surface area contributed by atoms with Gasteiger partial charge in [-0.05, 0) is 61.2 Å². The first-order valence-corrected chi connectivity index (χ1v) is 8.12. The fourth-order valence-electron chi connectivity index (χ4n) is 2.61. The quantitative estimate of drug-likeness (QED) is 0.750. The van der Waals surface area contributed by atoms with E-state index in [2.05, 4.69) is 5.32 Å². The summed E-state index contributed by atoms with van der Waals surface area (Å²) in [7, 11) is 1.63. The second kappa shape index (κ2) is 8.87. The molecule has 0 radical (unpaired) electrons. The van der Waals surface area contributed by atoms with Gasteiger partial charge in [-0.3, -0.25) is 9.59 Å². The Morgan fingerprint density at radius 2 is 1.76 bits per heavy atom. The summed E-state index contributed by atoms with van der Waals surface area (Å²) in [5.41, 5.74) is 3.41. The molecule has 0 aliphatic carbocycles. The van der Waals surface area contributed by atoms with Crippen molar-refractivity contribution in [3.05, 3.63) is 58.7 Å². The average Bonchev–Trinajstić information content (AvgIpc) is 2.61. The Balaban J connectivity index is 1.80. The summed E-state index contributed by atoms with van der Waals surface area (Å²) in [6.07, 6.45) is 1.54. The number of hydrogen-bond donors (Lipinski definition) is 1. The van der Waals surface area contributed by atoms with E-state index in [0.29, 0.717) is 17.9 Å². The first-order valence-electron chi connectivity index (χ1n) is 8.12. The van der Waals surface area contributed by atoms with Crippen LogP contribution in [0, 0.1) is 13.8 Å². The third-order valence-corrected chi connectivity index (χ3v) is 3.86. The number of benzene rings is 2. The van der Waals surface area contributed by atoms with Crippen LogP contribution in [0.1, 0.15) is 27.0 Å². The molecule has 0 aromatic heterocycles. The molecule has 0 saturated heterocycles. The van der Waals surface area contributed by atoms with E-state index >= 15 is 0 Å². The predicted molar refractivity (Wildman–Crippen MR) is 96.5 cm³/mol. The lowest BCUT2D eigenvalue weighted by Crippen LogP contribution is -2.30. The molecule has 5 heteroatoms. The van der Waals surface area contributed by atoms with Gasteiger partial charge >= 0.3 is 0 Å². The van der Waals surface area contributed by atoms with Crippen LogP contribution in [0.3, 0.4) is 0 Å². The lowest BCUT2D eigenvalue weighted by molar-refractivity contribution is -0.123. The Kier molecular flexibility index (Phi) is 6.57. The number of carbonyl (C=O) groups is 2. The van der Waals surface area contributed by atoms with Crippen LogP contribution >= 0.6 is 0 Å². The zero-order valence-corrected chi connectivity index (χ0v) is 14.8. The lowest BCUT2D eigenvalue weighted by atomic mass is 10.1. The van der Waals surface area contributed by atoms with Crippen LogP contribution in [0.15, 0.2) is 36.4 Å². The van der Waals surface area contributed by atoms with Gasteiger partial charge in [-0.15, -0.1) is 0 Å². The van der Waals surface area contributed by atoms with Gasteiger partial charge in [0, 0.05) is 12.1 Å². The van der Waals surface area contributed by atoms with E-state index in [1.807, 2.05) is 38.1 Å². The molecule has 2 aromatic rings. The number of methoxy groups -OCH3 is 1. The van der Waals surface area contributed by atoms with Crippen molar-refractivity contribution in [1.29, 1.82) is 0 Å². The van der Waals surface area contributed by atoms with Crippen LogP contribution in [0.4, 0.5) is 0 Å². The van der Waals surface area contributed by atoms with Crippen LogP contribution < -0.4 is 14.8 Å². The molecule has 1 N–H and O–H groups in total. The first kappa shape index (κ1) is 18.5. The molecule has 0 bridgehead atoms. The van der Waals surface area contributed by atoms with E-state index < -0.39 is 0 Å². The molecule has 2 aromatic carbocycles. The summed E-state index contributed by atoms with van der Waals surface area (Å²) >= 11 is 0. The summed E-state index contributed by atoms with van der Waals surface area (Å²) in [5, 5.41) is 2.84. The molecule has 25 heavy (non-hydrogen) atoms. The molecule has 0 fully saturated rings. The summed E-state index contributed by atoms with van der Waals surface area (Å²) in [4.78, 5) is 22.8. The van der Waals surface area contributed by atoms with Crippen LogP contribution in [-0.2, 0) is 11.2 Å². The summed E-state index contributed by atoms with van der Waals surface area (Å²) < 4.78 is 10.7. The van der Waals surface area contributed by atoms with Gasteiger partial charge in [0.25, 0.3) is 5.91 Å². The topological polar surface area (TPSA) is 64.6 Å². The summed E-state index contributed by atoms with van der Waals surface area (Å²) in [6.45, 7) is 4.20. The van der Waals surface area contributed by atoms with E-state index in [1.165, 1.54) is 0 Å². The van der Waals surface area contributed by atoms with Crippen molar-refractivity contribution in [3.8, 4) is 11.5 Å². The van der Waals surface area contributed by atoms with Crippen LogP contribution in [0.2, 0.25) is 0 Å². The third-order valence-electron chi connectivity index (χ3n) is 3.86. The van der Waals surface area contributed by atoms with Gasteiger partial charge < -0.3 is 14.8 Å². The molecule has 0 atom stereocenters. The molecule has 0 spiro atoms. The molecule has 0 saturated carbocycles. The monoisotopic (exact) mass is 341 g/mol. The van der Waals surface area contributed by atoms with Crippen LogP contribution in [0.5, 0.6) is 11.5 Å². The van der Waals surface area contributed by atoms with Crippen LogP contribution in [-0.4, -0.2) is 32.5 Å². The number of rotatable bonds is 8. The number of amides is 1. The van der Waals surface area contributed by atoms with Gasteiger partial charge in [-0.2, -0.15) is 0 Å². The lowest BCUT2D eigenvalue weighted by Gasteiger charge is -2.13. The second-order valence-electron chi connectivity index (χ2n) is 5.84. The zero-order chi connectivity index (χ0) is 18.2. The fraction of sp³-hybridized carbons (Fsp3) is 0.300. The molecule has 132 valence electrons. The smallest absolute Gasteiger partial charge is 0.257 e. The SMILES string of the molecule is COc1ccc(CCNC(=O)COc2c(C)cc(C=O)cc2C)cc1. The molecule has 1 amide bonds. The van der Waals surface area contributed by atoms with E-state index in [0.717, 1.165) is 35.1 Å². The highest BCUT2D eigenvalue weighted by Crippen LogP contribution is 2.24. The van der Waals surface area contributed by atoms with Crippen molar-refractivity contribution in [1.82, 2.24) is 5.32 Å². The van der Waals surface area contributed by atoms with Gasteiger partial charge in [0.15, 0.2) is 6.61 Å². The van der Waals surface area contributed by atoms with Gasteiger partial charge in [0.2, 0.25) is 0 Å². The summed E-state index contributed by atoms with van der Waals surface area (Å²) in [5.74, 6) is 1.29. The largest absolute Gasteiger partial charge is 0.497 e. The molecule has 0 unspecified atom stereocenters. The molecule has 0 aliphatic heterocycles. The first-order chi connectivity index (χ1) is 12.0. The Morgan fingerprint density at radius 1 is 1.12 bits per heavy atom. The molecular weight excluding hydrogens is 318 g/mol.